The number of piperidine rings is 2. The van der Waals surface area contributed by atoms with Gasteiger partial charge in [0.05, 0.1) is 0 Å². The maximum Gasteiger partial charge on any atom is 0.254 e. The highest BCUT2D eigenvalue weighted by Crippen LogP contribution is 2.27. The monoisotopic (exact) mass is 393 g/mol. The zero-order valence-corrected chi connectivity index (χ0v) is 17.2. The predicted octanol–water partition coefficient (Wildman–Crippen LogP) is 3.28. The van der Waals surface area contributed by atoms with E-state index >= 15 is 0 Å². The first-order chi connectivity index (χ1) is 14.0. The minimum absolute atomic E-state index is 0.0263. The Kier molecular flexibility index (Phi) is 5.86. The largest absolute Gasteiger partial charge is 0.342 e. The minimum Gasteiger partial charge on any atom is -0.342 e. The number of carbonyl (C=O) groups is 2. The molecule has 2 unspecified atom stereocenters. The summed E-state index contributed by atoms with van der Waals surface area (Å²) >= 11 is 0. The van der Waals surface area contributed by atoms with E-state index in [2.05, 4.69) is 0 Å². The molecule has 2 aromatic carbocycles. The summed E-state index contributed by atoms with van der Waals surface area (Å²) in [6.07, 6.45) is 3.64. The quantitative estimate of drug-likeness (QED) is 0.870. The van der Waals surface area contributed by atoms with Gasteiger partial charge < -0.3 is 15.5 Å². The number of hydrogen-bond donors (Lipinski definition) is 1. The molecule has 2 amide bonds. The first kappa shape index (κ1) is 19.9. The Morgan fingerprint density at radius 1 is 0.966 bits per heavy atom. The summed E-state index contributed by atoms with van der Waals surface area (Å²) in [4.78, 5) is 30.1. The lowest BCUT2D eigenvalue weighted by molar-refractivity contribution is -0.138. The molecule has 0 saturated carbocycles. The molecule has 0 radical (unpaired) electrons. The lowest BCUT2D eigenvalue weighted by Gasteiger charge is -2.38. The molecule has 0 aromatic heterocycles. The number of fused-ring (bicyclic) bond motifs is 1. The van der Waals surface area contributed by atoms with Crippen LogP contribution >= 0.6 is 0 Å². The molecule has 5 nitrogen and oxygen atoms in total. The van der Waals surface area contributed by atoms with Crippen LogP contribution in [0.5, 0.6) is 0 Å². The van der Waals surface area contributed by atoms with Crippen LogP contribution in [0, 0.1) is 11.8 Å². The van der Waals surface area contributed by atoms with Crippen molar-refractivity contribution in [2.24, 2.45) is 17.6 Å². The van der Waals surface area contributed by atoms with E-state index in [1.807, 2.05) is 59.2 Å². The van der Waals surface area contributed by atoms with Crippen molar-refractivity contribution >= 4 is 22.6 Å². The van der Waals surface area contributed by atoms with E-state index in [0.29, 0.717) is 19.0 Å². The van der Waals surface area contributed by atoms with Crippen molar-refractivity contribution in [2.75, 3.05) is 26.2 Å². The van der Waals surface area contributed by atoms with Crippen LogP contribution in [0.4, 0.5) is 0 Å². The molecular formula is C24H31N3O2. The second kappa shape index (κ2) is 8.54. The van der Waals surface area contributed by atoms with Gasteiger partial charge in [-0.25, -0.2) is 0 Å². The van der Waals surface area contributed by atoms with Crippen molar-refractivity contribution in [1.29, 1.82) is 0 Å². The number of rotatable bonds is 3. The van der Waals surface area contributed by atoms with E-state index in [-0.39, 0.29) is 23.8 Å². The fourth-order valence-corrected chi connectivity index (χ4v) is 4.81. The molecular weight excluding hydrogens is 362 g/mol. The summed E-state index contributed by atoms with van der Waals surface area (Å²) in [5.41, 5.74) is 6.83. The molecule has 2 aromatic rings. The molecule has 0 spiro atoms. The van der Waals surface area contributed by atoms with Gasteiger partial charge >= 0.3 is 0 Å². The smallest absolute Gasteiger partial charge is 0.254 e. The van der Waals surface area contributed by atoms with Crippen LogP contribution in [0.1, 0.15) is 43.0 Å². The Hall–Kier alpha value is -2.40. The zero-order valence-electron chi connectivity index (χ0n) is 17.2. The third-order valence-corrected chi connectivity index (χ3v) is 6.66. The van der Waals surface area contributed by atoms with Gasteiger partial charge in [-0.1, -0.05) is 36.4 Å². The molecule has 5 heteroatoms. The standard InChI is InChI=1S/C24H31N3O2/c1-17(25)20-8-5-13-27(16-20)23(28)19-11-14-26(15-12-19)24(29)22-10-4-7-18-6-2-3-9-21(18)22/h2-4,6-7,9-10,17,19-20H,5,8,11-16,25H2,1H3. The first-order valence-electron chi connectivity index (χ1n) is 10.9. The molecule has 2 atom stereocenters. The molecule has 2 fully saturated rings. The molecule has 154 valence electrons. The number of carbonyl (C=O) groups excluding carboxylic acids is 2. The van der Waals surface area contributed by atoms with Gasteiger partial charge in [0, 0.05) is 43.7 Å². The van der Waals surface area contributed by atoms with E-state index in [0.717, 1.165) is 55.1 Å². The predicted molar refractivity (Wildman–Crippen MR) is 116 cm³/mol. The minimum atomic E-state index is 0.0263. The third kappa shape index (κ3) is 4.15. The van der Waals surface area contributed by atoms with Crippen molar-refractivity contribution in [1.82, 2.24) is 9.80 Å². The number of benzene rings is 2. The Morgan fingerprint density at radius 2 is 1.69 bits per heavy atom. The van der Waals surface area contributed by atoms with Crippen LogP contribution in [0.25, 0.3) is 10.8 Å². The SMILES string of the molecule is CC(N)C1CCCN(C(=O)C2CCN(C(=O)c3cccc4ccccc34)CC2)C1. The molecule has 2 aliphatic rings. The molecule has 0 bridgehead atoms. The molecule has 29 heavy (non-hydrogen) atoms. The lowest BCUT2D eigenvalue weighted by Crippen LogP contribution is -2.49. The van der Waals surface area contributed by atoms with Crippen molar-refractivity contribution in [3.63, 3.8) is 0 Å². The number of nitrogens with zero attached hydrogens (tertiary/aromatic N) is 2. The van der Waals surface area contributed by atoms with E-state index < -0.39 is 0 Å². The summed E-state index contributed by atoms with van der Waals surface area (Å²) < 4.78 is 0. The second-order valence-electron chi connectivity index (χ2n) is 8.64. The van der Waals surface area contributed by atoms with Crippen molar-refractivity contribution < 1.29 is 9.59 Å². The summed E-state index contributed by atoms with van der Waals surface area (Å²) in [5.74, 6) is 0.759. The molecule has 2 saturated heterocycles. The number of hydrogen-bond acceptors (Lipinski definition) is 3. The zero-order chi connectivity index (χ0) is 20.4. The van der Waals surface area contributed by atoms with Gasteiger partial charge in [-0.05, 0) is 55.4 Å². The molecule has 2 aliphatic heterocycles. The van der Waals surface area contributed by atoms with Crippen LogP contribution < -0.4 is 5.73 Å². The van der Waals surface area contributed by atoms with E-state index in [1.54, 1.807) is 0 Å². The van der Waals surface area contributed by atoms with Gasteiger partial charge in [-0.15, -0.1) is 0 Å². The third-order valence-electron chi connectivity index (χ3n) is 6.66. The highest BCUT2D eigenvalue weighted by molar-refractivity contribution is 6.07. The lowest BCUT2D eigenvalue weighted by atomic mass is 9.89. The van der Waals surface area contributed by atoms with E-state index in [9.17, 15) is 9.59 Å². The van der Waals surface area contributed by atoms with E-state index in [1.165, 1.54) is 0 Å². The molecule has 2 heterocycles. The number of likely N-dealkylation sites (tertiary alicyclic amines) is 2. The van der Waals surface area contributed by atoms with Crippen LogP contribution in [-0.2, 0) is 4.79 Å². The average molecular weight is 394 g/mol. The summed E-state index contributed by atoms with van der Waals surface area (Å²) in [6, 6.07) is 14.0. The number of nitrogens with two attached hydrogens (primary N) is 1. The van der Waals surface area contributed by atoms with Gasteiger partial charge in [0.1, 0.15) is 0 Å². The second-order valence-corrected chi connectivity index (χ2v) is 8.64. The Labute approximate surface area is 172 Å². The Morgan fingerprint density at radius 3 is 2.45 bits per heavy atom. The highest BCUT2D eigenvalue weighted by Gasteiger charge is 2.33. The molecule has 0 aliphatic carbocycles. The van der Waals surface area contributed by atoms with Gasteiger partial charge in [0.25, 0.3) is 5.91 Å². The van der Waals surface area contributed by atoms with Crippen LogP contribution in [0.3, 0.4) is 0 Å². The first-order valence-corrected chi connectivity index (χ1v) is 10.9. The summed E-state index contributed by atoms with van der Waals surface area (Å²) in [7, 11) is 0. The maximum absolute atomic E-state index is 13.1. The average Bonchev–Trinajstić information content (AvgIpc) is 2.78. The number of amides is 2. The van der Waals surface area contributed by atoms with E-state index in [4.69, 9.17) is 5.73 Å². The maximum atomic E-state index is 13.1. The van der Waals surface area contributed by atoms with Gasteiger partial charge in [-0.2, -0.15) is 0 Å². The van der Waals surface area contributed by atoms with Crippen molar-refractivity contribution in [2.45, 2.75) is 38.6 Å². The fraction of sp³-hybridized carbons (Fsp3) is 0.500. The summed E-state index contributed by atoms with van der Waals surface area (Å²) in [5, 5.41) is 2.07. The van der Waals surface area contributed by atoms with Crippen molar-refractivity contribution in [3.8, 4) is 0 Å². The van der Waals surface area contributed by atoms with Crippen LogP contribution in [0.2, 0.25) is 0 Å². The normalized spacial score (nSPS) is 21.9. The van der Waals surface area contributed by atoms with Crippen LogP contribution in [-0.4, -0.2) is 53.8 Å². The Balaban J connectivity index is 1.39. The van der Waals surface area contributed by atoms with Crippen molar-refractivity contribution in [3.05, 3.63) is 48.0 Å². The topological polar surface area (TPSA) is 66.6 Å². The Bertz CT molecular complexity index is 881. The highest BCUT2D eigenvalue weighted by atomic mass is 16.2. The summed E-state index contributed by atoms with van der Waals surface area (Å²) in [6.45, 7) is 4.95. The molecule has 4 rings (SSSR count). The fourth-order valence-electron chi connectivity index (χ4n) is 4.81. The van der Waals surface area contributed by atoms with Gasteiger partial charge in [-0.3, -0.25) is 9.59 Å². The van der Waals surface area contributed by atoms with Crippen LogP contribution in [0.15, 0.2) is 42.5 Å². The molecule has 2 N–H and O–H groups in total. The van der Waals surface area contributed by atoms with Gasteiger partial charge in [0.2, 0.25) is 5.91 Å². The van der Waals surface area contributed by atoms with Gasteiger partial charge in [0.15, 0.2) is 0 Å².